The molecule has 0 bridgehead atoms. The van der Waals surface area contributed by atoms with Gasteiger partial charge >= 0.3 is 5.97 Å². The molecule has 0 aliphatic rings. The maximum Gasteiger partial charge on any atom is 0.326 e. The first-order valence-corrected chi connectivity index (χ1v) is 5.93. The summed E-state index contributed by atoms with van der Waals surface area (Å²) in [5.41, 5.74) is 0.125. The summed E-state index contributed by atoms with van der Waals surface area (Å²) in [6, 6.07) is 3.54. The van der Waals surface area contributed by atoms with Crippen LogP contribution in [0.3, 0.4) is 0 Å². The van der Waals surface area contributed by atoms with Crippen molar-refractivity contribution in [1.29, 1.82) is 0 Å². The molecular formula is C12H14ClN3O2. The number of rotatable bonds is 2. The van der Waals surface area contributed by atoms with Gasteiger partial charge < -0.3 is 9.30 Å². The van der Waals surface area contributed by atoms with Gasteiger partial charge in [-0.05, 0) is 32.9 Å². The highest BCUT2D eigenvalue weighted by atomic mass is 35.5. The molecule has 0 N–H and O–H groups in total. The van der Waals surface area contributed by atoms with Crippen LogP contribution in [0, 0.1) is 0 Å². The molecule has 0 radical (unpaired) electrons. The predicted octanol–water partition coefficient (Wildman–Crippen LogP) is 2.43. The SMILES string of the molecule is CC(C)(C)OC(=O)Cn1ccc2cc(Cl)nnc21. The van der Waals surface area contributed by atoms with Gasteiger partial charge in [-0.2, -0.15) is 0 Å². The molecule has 0 aromatic carbocycles. The Bertz CT molecular complexity index is 587. The zero-order valence-corrected chi connectivity index (χ0v) is 11.2. The first kappa shape index (κ1) is 12.8. The number of carbonyl (C=O) groups excluding carboxylic acids is 1. The lowest BCUT2D eigenvalue weighted by atomic mass is 10.2. The summed E-state index contributed by atoms with van der Waals surface area (Å²) in [4.78, 5) is 11.7. The molecule has 5 nitrogen and oxygen atoms in total. The van der Waals surface area contributed by atoms with E-state index >= 15 is 0 Å². The molecule has 0 saturated heterocycles. The second-order valence-electron chi connectivity index (χ2n) is 4.98. The summed E-state index contributed by atoms with van der Waals surface area (Å²) in [5.74, 6) is -0.309. The van der Waals surface area contributed by atoms with E-state index in [1.807, 2.05) is 26.8 Å². The number of carbonyl (C=O) groups is 1. The molecule has 2 heterocycles. The average molecular weight is 268 g/mol. The summed E-state index contributed by atoms with van der Waals surface area (Å²) in [6.07, 6.45) is 1.76. The van der Waals surface area contributed by atoms with E-state index < -0.39 is 5.60 Å². The van der Waals surface area contributed by atoms with E-state index in [9.17, 15) is 4.79 Å². The van der Waals surface area contributed by atoms with E-state index in [0.29, 0.717) is 10.8 Å². The number of aromatic nitrogens is 3. The molecule has 0 spiro atoms. The van der Waals surface area contributed by atoms with E-state index in [0.717, 1.165) is 5.39 Å². The van der Waals surface area contributed by atoms with Gasteiger partial charge in [0.1, 0.15) is 12.1 Å². The molecule has 0 aliphatic heterocycles. The zero-order chi connectivity index (χ0) is 13.3. The number of hydrogen-bond donors (Lipinski definition) is 0. The van der Waals surface area contributed by atoms with Gasteiger partial charge in [0.15, 0.2) is 10.8 Å². The van der Waals surface area contributed by atoms with Crippen molar-refractivity contribution < 1.29 is 9.53 Å². The molecule has 6 heteroatoms. The summed E-state index contributed by atoms with van der Waals surface area (Å²) < 4.78 is 6.94. The van der Waals surface area contributed by atoms with Crippen molar-refractivity contribution in [2.45, 2.75) is 32.9 Å². The fourth-order valence-electron chi connectivity index (χ4n) is 1.60. The number of hydrogen-bond acceptors (Lipinski definition) is 4. The van der Waals surface area contributed by atoms with E-state index in [-0.39, 0.29) is 12.5 Å². The first-order valence-electron chi connectivity index (χ1n) is 5.55. The van der Waals surface area contributed by atoms with Crippen LogP contribution < -0.4 is 0 Å². The van der Waals surface area contributed by atoms with Crippen molar-refractivity contribution in [3.05, 3.63) is 23.5 Å². The van der Waals surface area contributed by atoms with Gasteiger partial charge in [-0.1, -0.05) is 11.6 Å². The highest BCUT2D eigenvalue weighted by molar-refractivity contribution is 6.29. The Morgan fingerprint density at radius 3 is 2.83 bits per heavy atom. The third kappa shape index (κ3) is 2.98. The Labute approximate surface area is 110 Å². The van der Waals surface area contributed by atoms with E-state index in [1.165, 1.54) is 0 Å². The van der Waals surface area contributed by atoms with Crippen molar-refractivity contribution in [3.63, 3.8) is 0 Å². The third-order valence-corrected chi connectivity index (χ3v) is 2.38. The minimum atomic E-state index is -0.491. The number of esters is 1. The van der Waals surface area contributed by atoms with E-state index in [2.05, 4.69) is 10.2 Å². The van der Waals surface area contributed by atoms with Crippen LogP contribution in [0.4, 0.5) is 0 Å². The lowest BCUT2D eigenvalue weighted by molar-refractivity contribution is -0.155. The number of ether oxygens (including phenoxy) is 1. The lowest BCUT2D eigenvalue weighted by Gasteiger charge is -2.19. The minimum absolute atomic E-state index is 0.108. The predicted molar refractivity (Wildman–Crippen MR) is 68.4 cm³/mol. The van der Waals surface area contributed by atoms with Crippen molar-refractivity contribution in [1.82, 2.24) is 14.8 Å². The quantitative estimate of drug-likeness (QED) is 0.784. The maximum absolute atomic E-state index is 11.7. The second kappa shape index (κ2) is 4.57. The maximum atomic E-state index is 11.7. The van der Waals surface area contributed by atoms with Gasteiger partial charge in [0, 0.05) is 11.6 Å². The Morgan fingerprint density at radius 2 is 2.17 bits per heavy atom. The van der Waals surface area contributed by atoms with Gasteiger partial charge in [0.2, 0.25) is 0 Å². The molecule has 2 aromatic heterocycles. The van der Waals surface area contributed by atoms with Gasteiger partial charge in [-0.3, -0.25) is 4.79 Å². The number of nitrogens with zero attached hydrogens (tertiary/aromatic N) is 3. The highest BCUT2D eigenvalue weighted by Gasteiger charge is 2.17. The van der Waals surface area contributed by atoms with Crippen molar-refractivity contribution in [3.8, 4) is 0 Å². The van der Waals surface area contributed by atoms with Gasteiger partial charge in [-0.15, -0.1) is 10.2 Å². The number of halogens is 1. The summed E-state index contributed by atoms with van der Waals surface area (Å²) in [7, 11) is 0. The largest absolute Gasteiger partial charge is 0.459 e. The minimum Gasteiger partial charge on any atom is -0.459 e. The summed E-state index contributed by atoms with van der Waals surface area (Å²) in [5, 5.41) is 8.90. The average Bonchev–Trinajstić information content (AvgIpc) is 2.57. The van der Waals surface area contributed by atoms with Crippen LogP contribution in [-0.2, 0) is 16.1 Å². The fourth-order valence-corrected chi connectivity index (χ4v) is 1.76. The van der Waals surface area contributed by atoms with Crippen molar-refractivity contribution >= 4 is 28.6 Å². The van der Waals surface area contributed by atoms with Gasteiger partial charge in [0.05, 0.1) is 0 Å². The van der Waals surface area contributed by atoms with Crippen LogP contribution in [0.25, 0.3) is 11.0 Å². The van der Waals surface area contributed by atoms with E-state index in [4.69, 9.17) is 16.3 Å². The molecule has 18 heavy (non-hydrogen) atoms. The van der Waals surface area contributed by atoms with Gasteiger partial charge in [0.25, 0.3) is 0 Å². The molecule has 2 rings (SSSR count). The molecule has 96 valence electrons. The highest BCUT2D eigenvalue weighted by Crippen LogP contribution is 2.16. The Kier molecular flexibility index (Phi) is 3.26. The smallest absolute Gasteiger partial charge is 0.326 e. The molecule has 0 atom stereocenters. The van der Waals surface area contributed by atoms with Crippen LogP contribution in [0.1, 0.15) is 20.8 Å². The zero-order valence-electron chi connectivity index (χ0n) is 10.5. The summed E-state index contributed by atoms with van der Waals surface area (Å²) in [6.45, 7) is 5.60. The topological polar surface area (TPSA) is 57.0 Å². The van der Waals surface area contributed by atoms with Crippen molar-refractivity contribution in [2.24, 2.45) is 0 Å². The van der Waals surface area contributed by atoms with E-state index in [1.54, 1.807) is 16.8 Å². The molecule has 0 amide bonds. The van der Waals surface area contributed by atoms with Crippen LogP contribution in [-0.4, -0.2) is 26.3 Å². The standard InChI is InChI=1S/C12H14ClN3O2/c1-12(2,3)18-10(17)7-16-5-4-8-6-9(13)14-15-11(8)16/h4-6H,7H2,1-3H3. The normalized spacial score (nSPS) is 11.8. The van der Waals surface area contributed by atoms with Crippen LogP contribution in [0.15, 0.2) is 18.3 Å². The molecule has 0 unspecified atom stereocenters. The monoisotopic (exact) mass is 267 g/mol. The van der Waals surface area contributed by atoms with Crippen LogP contribution in [0.5, 0.6) is 0 Å². The summed E-state index contributed by atoms with van der Waals surface area (Å²) >= 11 is 5.75. The lowest BCUT2D eigenvalue weighted by Crippen LogP contribution is -2.26. The van der Waals surface area contributed by atoms with Gasteiger partial charge in [-0.25, -0.2) is 0 Å². The molecular weight excluding hydrogens is 254 g/mol. The Hall–Kier alpha value is -1.62. The first-order chi connectivity index (χ1) is 8.35. The van der Waals surface area contributed by atoms with Crippen LogP contribution in [0.2, 0.25) is 5.15 Å². The Balaban J connectivity index is 2.20. The fraction of sp³-hybridized carbons (Fsp3) is 0.417. The second-order valence-corrected chi connectivity index (χ2v) is 5.36. The molecule has 0 saturated carbocycles. The Morgan fingerprint density at radius 1 is 1.44 bits per heavy atom. The molecule has 2 aromatic rings. The molecule has 0 fully saturated rings. The third-order valence-electron chi connectivity index (χ3n) is 2.20. The van der Waals surface area contributed by atoms with Crippen molar-refractivity contribution in [2.75, 3.05) is 0 Å². The molecule has 0 aliphatic carbocycles. The van der Waals surface area contributed by atoms with Crippen LogP contribution >= 0.6 is 11.6 Å². The number of fused-ring (bicyclic) bond motifs is 1.